The zero-order chi connectivity index (χ0) is 20.2. The first-order valence-corrected chi connectivity index (χ1v) is 9.86. The molecule has 1 amide bonds. The van der Waals surface area contributed by atoms with Crippen LogP contribution in [-0.4, -0.2) is 45.8 Å². The van der Waals surface area contributed by atoms with Gasteiger partial charge in [0.2, 0.25) is 5.56 Å². The second kappa shape index (κ2) is 6.51. The van der Waals surface area contributed by atoms with E-state index in [1.54, 1.807) is 4.57 Å². The molecule has 2 aromatic rings. The van der Waals surface area contributed by atoms with E-state index >= 15 is 0 Å². The summed E-state index contributed by atoms with van der Waals surface area (Å²) >= 11 is 0. The SMILES string of the molecule is CC(C)(C)C[n+]1c(O)c(C(=O)NC2CC2)c(=O)n2[nH]c(N3CC[C@@H](N)C3)cc21. The number of nitrogens with two attached hydrogens (primary N) is 1. The van der Waals surface area contributed by atoms with Crippen molar-refractivity contribution in [2.24, 2.45) is 11.1 Å². The van der Waals surface area contributed by atoms with E-state index in [0.29, 0.717) is 18.7 Å². The summed E-state index contributed by atoms with van der Waals surface area (Å²) in [6.07, 6.45) is 2.69. The highest BCUT2D eigenvalue weighted by atomic mass is 16.3. The Bertz CT molecular complexity index is 982. The minimum atomic E-state index is -0.550. The fraction of sp³-hybridized carbons (Fsp3) is 0.632. The summed E-state index contributed by atoms with van der Waals surface area (Å²) in [6, 6.07) is 2.03. The van der Waals surface area contributed by atoms with Crippen LogP contribution >= 0.6 is 0 Å². The Kier molecular flexibility index (Phi) is 4.37. The van der Waals surface area contributed by atoms with Crippen LogP contribution in [0.1, 0.15) is 50.4 Å². The number of rotatable bonds is 4. The lowest BCUT2D eigenvalue weighted by molar-refractivity contribution is -0.692. The first kappa shape index (κ1) is 18.8. The number of aromatic hydroxyl groups is 1. The third-order valence-corrected chi connectivity index (χ3v) is 5.23. The Balaban J connectivity index is 1.87. The number of anilines is 1. The number of carbonyl (C=O) groups is 1. The van der Waals surface area contributed by atoms with Crippen molar-refractivity contribution in [2.75, 3.05) is 18.0 Å². The molecule has 4 rings (SSSR count). The molecule has 1 saturated heterocycles. The van der Waals surface area contributed by atoms with Crippen LogP contribution < -0.4 is 26.1 Å². The van der Waals surface area contributed by atoms with Crippen LogP contribution in [0, 0.1) is 5.41 Å². The molecule has 0 aromatic carbocycles. The molecule has 152 valence electrons. The highest BCUT2D eigenvalue weighted by Crippen LogP contribution is 2.23. The van der Waals surface area contributed by atoms with Crippen LogP contribution in [0.5, 0.6) is 5.88 Å². The lowest BCUT2D eigenvalue weighted by Gasteiger charge is -2.17. The van der Waals surface area contributed by atoms with Crippen LogP contribution in [-0.2, 0) is 6.54 Å². The van der Waals surface area contributed by atoms with E-state index in [9.17, 15) is 14.7 Å². The van der Waals surface area contributed by atoms with Crippen LogP contribution in [0.3, 0.4) is 0 Å². The van der Waals surface area contributed by atoms with Gasteiger partial charge in [0.1, 0.15) is 5.82 Å². The number of nitrogens with one attached hydrogen (secondary N) is 2. The molecule has 0 spiro atoms. The standard InChI is InChI=1S/C19H28N6O3/c1-19(2,3)10-24-14-8-13(23-7-6-11(20)9-23)22-25(14)18(28)15(17(24)27)16(26)21-12-4-5-12/h8,11-12H,4-7,9-10,20H2,1-3H3,(H2,21,26,27,28)/p+1/t11-/m1/s1. The third kappa shape index (κ3) is 3.46. The normalized spacial score (nSPS) is 20.1. The second-order valence-corrected chi connectivity index (χ2v) is 9.23. The van der Waals surface area contributed by atoms with Crippen molar-refractivity contribution in [3.8, 4) is 5.88 Å². The number of carbonyl (C=O) groups excluding carboxylic acids is 1. The Hall–Kier alpha value is -2.55. The maximum atomic E-state index is 13.1. The summed E-state index contributed by atoms with van der Waals surface area (Å²) in [4.78, 5) is 27.8. The van der Waals surface area contributed by atoms with Gasteiger partial charge in [0.05, 0.1) is 12.6 Å². The van der Waals surface area contributed by atoms with E-state index in [1.165, 1.54) is 4.52 Å². The maximum absolute atomic E-state index is 13.1. The van der Waals surface area contributed by atoms with Crippen LogP contribution in [0.25, 0.3) is 5.65 Å². The Morgan fingerprint density at radius 1 is 1.39 bits per heavy atom. The number of nitrogens with zero attached hydrogens (tertiary/aromatic N) is 3. The van der Waals surface area contributed by atoms with Crippen molar-refractivity contribution in [3.63, 3.8) is 0 Å². The molecule has 0 bridgehead atoms. The van der Waals surface area contributed by atoms with Gasteiger partial charge in [0.25, 0.3) is 5.91 Å². The Morgan fingerprint density at radius 2 is 2.11 bits per heavy atom. The van der Waals surface area contributed by atoms with Gasteiger partial charge < -0.3 is 21.1 Å². The number of aromatic amines is 1. The molecule has 2 aliphatic rings. The number of hydrogen-bond donors (Lipinski definition) is 4. The molecule has 1 saturated carbocycles. The fourth-order valence-electron chi connectivity index (χ4n) is 3.68. The zero-order valence-electron chi connectivity index (χ0n) is 16.7. The van der Waals surface area contributed by atoms with Gasteiger partial charge in [-0.1, -0.05) is 25.3 Å². The highest BCUT2D eigenvalue weighted by Gasteiger charge is 2.35. The van der Waals surface area contributed by atoms with Gasteiger partial charge in [0.15, 0.2) is 0 Å². The van der Waals surface area contributed by atoms with Crippen molar-refractivity contribution < 1.29 is 14.5 Å². The van der Waals surface area contributed by atoms with Crippen molar-refractivity contribution in [2.45, 2.75) is 58.7 Å². The minimum Gasteiger partial charge on any atom is -0.477 e. The summed E-state index contributed by atoms with van der Waals surface area (Å²) in [7, 11) is 0. The van der Waals surface area contributed by atoms with Crippen molar-refractivity contribution >= 4 is 17.4 Å². The molecule has 1 aliphatic heterocycles. The molecule has 1 atom stereocenters. The Labute approximate surface area is 163 Å². The van der Waals surface area contributed by atoms with E-state index in [0.717, 1.165) is 31.6 Å². The van der Waals surface area contributed by atoms with Crippen molar-refractivity contribution in [1.82, 2.24) is 14.9 Å². The van der Waals surface area contributed by atoms with E-state index in [2.05, 4.69) is 15.3 Å². The quantitative estimate of drug-likeness (QED) is 0.553. The number of hydrogen-bond acceptors (Lipinski definition) is 5. The summed E-state index contributed by atoms with van der Waals surface area (Å²) in [6.45, 7) is 8.06. The predicted molar refractivity (Wildman–Crippen MR) is 105 cm³/mol. The van der Waals surface area contributed by atoms with Gasteiger partial charge in [-0.2, -0.15) is 4.57 Å². The highest BCUT2D eigenvalue weighted by molar-refractivity contribution is 5.96. The minimum absolute atomic E-state index is 0.0911. The van der Waals surface area contributed by atoms with Crippen LogP contribution in [0.2, 0.25) is 0 Å². The number of fused-ring (bicyclic) bond motifs is 1. The molecular formula is C19H29N6O3+. The monoisotopic (exact) mass is 389 g/mol. The third-order valence-electron chi connectivity index (χ3n) is 5.23. The van der Waals surface area contributed by atoms with E-state index < -0.39 is 11.5 Å². The van der Waals surface area contributed by atoms with E-state index in [4.69, 9.17) is 5.73 Å². The van der Waals surface area contributed by atoms with Crippen LogP contribution in [0.4, 0.5) is 5.82 Å². The maximum Gasteiger partial charge on any atom is 0.378 e. The molecule has 0 unspecified atom stereocenters. The molecule has 2 fully saturated rings. The summed E-state index contributed by atoms with van der Waals surface area (Å²) < 4.78 is 2.99. The first-order chi connectivity index (χ1) is 13.1. The van der Waals surface area contributed by atoms with Gasteiger partial charge >= 0.3 is 17.1 Å². The van der Waals surface area contributed by atoms with Crippen LogP contribution in [0.15, 0.2) is 10.9 Å². The summed E-state index contributed by atoms with van der Waals surface area (Å²) in [5, 5.41) is 16.8. The predicted octanol–water partition coefficient (Wildman–Crippen LogP) is 0.0964. The molecule has 1 aliphatic carbocycles. The molecule has 28 heavy (non-hydrogen) atoms. The lowest BCUT2D eigenvalue weighted by Crippen LogP contribution is -2.47. The number of H-pyrrole nitrogens is 1. The molecule has 2 aromatic heterocycles. The first-order valence-electron chi connectivity index (χ1n) is 9.86. The van der Waals surface area contributed by atoms with E-state index in [-0.39, 0.29) is 28.9 Å². The molecule has 0 radical (unpaired) electrons. The molecule has 9 nitrogen and oxygen atoms in total. The molecule has 3 heterocycles. The number of amides is 1. The lowest BCUT2D eigenvalue weighted by atomic mass is 9.96. The van der Waals surface area contributed by atoms with Gasteiger partial charge in [-0.25, -0.2) is 9.89 Å². The topological polar surface area (TPSA) is 120 Å². The molecule has 5 N–H and O–H groups in total. The molecule has 9 heteroatoms. The smallest absolute Gasteiger partial charge is 0.378 e. The Morgan fingerprint density at radius 3 is 2.68 bits per heavy atom. The van der Waals surface area contributed by atoms with Gasteiger partial charge in [-0.15, -0.1) is 0 Å². The second-order valence-electron chi connectivity index (χ2n) is 9.23. The molecular weight excluding hydrogens is 360 g/mol. The number of aromatic nitrogens is 3. The largest absolute Gasteiger partial charge is 0.477 e. The average molecular weight is 389 g/mol. The summed E-state index contributed by atoms with van der Waals surface area (Å²) in [5.74, 6) is -0.0602. The summed E-state index contributed by atoms with van der Waals surface area (Å²) in [5.41, 5.74) is 5.60. The van der Waals surface area contributed by atoms with Gasteiger partial charge in [0, 0.05) is 25.2 Å². The van der Waals surface area contributed by atoms with Crippen molar-refractivity contribution in [1.29, 1.82) is 0 Å². The van der Waals surface area contributed by atoms with Gasteiger partial charge in [-0.05, 0) is 24.7 Å². The van der Waals surface area contributed by atoms with E-state index in [1.807, 2.05) is 26.8 Å². The average Bonchev–Trinajstić information content (AvgIpc) is 3.12. The van der Waals surface area contributed by atoms with Gasteiger partial charge in [-0.3, -0.25) is 4.79 Å². The zero-order valence-corrected chi connectivity index (χ0v) is 16.7. The van der Waals surface area contributed by atoms with Crippen molar-refractivity contribution in [3.05, 3.63) is 22.0 Å². The fourth-order valence-corrected chi connectivity index (χ4v) is 3.68.